The van der Waals surface area contributed by atoms with Gasteiger partial charge in [0.05, 0.1) is 6.42 Å². The number of amides is 1. The van der Waals surface area contributed by atoms with Crippen LogP contribution in [0.2, 0.25) is 0 Å². The van der Waals surface area contributed by atoms with Crippen LogP contribution in [-0.2, 0) is 14.4 Å². The summed E-state index contributed by atoms with van der Waals surface area (Å²) in [6.07, 6.45) is 64.2. The van der Waals surface area contributed by atoms with Gasteiger partial charge in [0.1, 0.15) is 5.54 Å². The van der Waals surface area contributed by atoms with Gasteiger partial charge in [-0.25, -0.2) is 4.79 Å². The van der Waals surface area contributed by atoms with Crippen LogP contribution in [0.3, 0.4) is 0 Å². The Hall–Kier alpha value is -1.85. The van der Waals surface area contributed by atoms with Crippen molar-refractivity contribution in [3.05, 3.63) is 11.6 Å². The lowest BCUT2D eigenvalue weighted by Crippen LogP contribution is -2.64. The molecule has 490 valence electrons. The second-order valence-electron chi connectivity index (χ2n) is 30.5. The molecule has 0 heterocycles. The average Bonchev–Trinajstić information content (AvgIpc) is 1.35. The summed E-state index contributed by atoms with van der Waals surface area (Å²) < 4.78 is 0. The summed E-state index contributed by atoms with van der Waals surface area (Å²) in [5.74, 6) is 1.85. The Kier molecular flexibility index (Phi) is 38.2. The van der Waals surface area contributed by atoms with Crippen LogP contribution in [0, 0.1) is 58.2 Å². The molecule has 2 N–H and O–H groups in total. The zero-order valence-corrected chi connectivity index (χ0v) is 57.4. The number of carboxylic acid groups (broad SMARTS) is 2. The molecule has 0 bridgehead atoms. The van der Waals surface area contributed by atoms with Crippen LogP contribution < -0.4 is 0 Å². The third-order valence-corrected chi connectivity index (χ3v) is 23.7. The van der Waals surface area contributed by atoms with Crippen LogP contribution in [0.4, 0.5) is 0 Å². The van der Waals surface area contributed by atoms with E-state index >= 15 is 4.79 Å². The number of carboxylic acids is 2. The quantitative estimate of drug-likeness (QED) is 0.0467. The fourth-order valence-electron chi connectivity index (χ4n) is 18.5. The number of aliphatic carboxylic acids is 2. The van der Waals surface area contributed by atoms with Crippen molar-refractivity contribution in [2.24, 2.45) is 58.2 Å². The third-order valence-electron chi connectivity index (χ3n) is 23.7. The molecule has 4 aliphatic carbocycles. The first-order valence-corrected chi connectivity index (χ1v) is 38.2. The number of rotatable bonds is 53. The summed E-state index contributed by atoms with van der Waals surface area (Å²) in [5.41, 5.74) is 0.427. The minimum Gasteiger partial charge on any atom is -0.481 e. The second kappa shape index (κ2) is 43.0. The largest absolute Gasteiger partial charge is 0.481 e. The summed E-state index contributed by atoms with van der Waals surface area (Å²) in [7, 11) is 0. The average molecular weight is 1180 g/mol. The SMILES string of the molecule is CCCCCCCCCCCCCCCCCCCCCC[C@@](C(=O)O)(C(CC(=O)O)C1CC[C@@]2(C)C(=CCC3C2CC[C@@]2(C)C3CC[C@@H]2[C@H](C)CCCC(C)C)C1)N(CCCCCCCCCCCC)C(=O)CCCCCCCCCCC. The molecule has 1 amide bonds. The van der Waals surface area contributed by atoms with Gasteiger partial charge in [-0.2, -0.15) is 0 Å². The molecular formula is C78H143NO5. The van der Waals surface area contributed by atoms with Crippen molar-refractivity contribution in [1.29, 1.82) is 0 Å². The lowest BCUT2D eigenvalue weighted by atomic mass is 9.46. The molecule has 3 fully saturated rings. The molecule has 4 rings (SSSR count). The van der Waals surface area contributed by atoms with Crippen molar-refractivity contribution >= 4 is 17.8 Å². The van der Waals surface area contributed by atoms with Gasteiger partial charge in [-0.15, -0.1) is 0 Å². The first-order valence-electron chi connectivity index (χ1n) is 38.2. The molecule has 10 atom stereocenters. The highest BCUT2D eigenvalue weighted by Gasteiger charge is 2.61. The second-order valence-corrected chi connectivity index (χ2v) is 30.5. The number of hydrogen-bond donors (Lipinski definition) is 2. The fourth-order valence-corrected chi connectivity index (χ4v) is 18.5. The smallest absolute Gasteiger partial charge is 0.329 e. The predicted octanol–water partition coefficient (Wildman–Crippen LogP) is 24.4. The molecule has 4 aliphatic rings. The van der Waals surface area contributed by atoms with Gasteiger partial charge in [0.2, 0.25) is 5.91 Å². The number of allylic oxidation sites excluding steroid dienone is 2. The van der Waals surface area contributed by atoms with E-state index in [9.17, 15) is 19.8 Å². The van der Waals surface area contributed by atoms with Crippen molar-refractivity contribution in [3.8, 4) is 0 Å². The molecule has 6 nitrogen and oxygen atoms in total. The van der Waals surface area contributed by atoms with Crippen LogP contribution in [0.25, 0.3) is 0 Å². The van der Waals surface area contributed by atoms with Crippen LogP contribution >= 0.6 is 0 Å². The maximum atomic E-state index is 15.3. The molecule has 3 saturated carbocycles. The van der Waals surface area contributed by atoms with Crippen LogP contribution in [0.5, 0.6) is 0 Å². The van der Waals surface area contributed by atoms with E-state index in [4.69, 9.17) is 0 Å². The first kappa shape index (κ1) is 74.6. The van der Waals surface area contributed by atoms with Gasteiger partial charge in [-0.1, -0.05) is 324 Å². The van der Waals surface area contributed by atoms with Crippen LogP contribution in [0.15, 0.2) is 11.6 Å². The number of hydrogen-bond acceptors (Lipinski definition) is 3. The minimum atomic E-state index is -1.55. The van der Waals surface area contributed by atoms with Crippen molar-refractivity contribution in [2.45, 2.75) is 401 Å². The van der Waals surface area contributed by atoms with Gasteiger partial charge in [0.25, 0.3) is 0 Å². The van der Waals surface area contributed by atoms with Crippen molar-refractivity contribution in [2.75, 3.05) is 6.54 Å². The van der Waals surface area contributed by atoms with Crippen LogP contribution in [0.1, 0.15) is 396 Å². The maximum Gasteiger partial charge on any atom is 0.329 e. The van der Waals surface area contributed by atoms with Gasteiger partial charge in [0, 0.05) is 18.9 Å². The fraction of sp³-hybridized carbons (Fsp3) is 0.936. The highest BCUT2D eigenvalue weighted by molar-refractivity contribution is 5.88. The highest BCUT2D eigenvalue weighted by atomic mass is 16.4. The summed E-state index contributed by atoms with van der Waals surface area (Å²) in [6.45, 7) is 19.8. The molecule has 0 radical (unpaired) electrons. The summed E-state index contributed by atoms with van der Waals surface area (Å²) in [4.78, 5) is 45.5. The highest BCUT2D eigenvalue weighted by Crippen LogP contribution is 2.68. The standard InChI is InChI=1S/C78H143NO5/c1-9-12-15-18-21-24-26-27-28-29-30-31-32-33-34-35-37-40-43-46-58-78(75(83)84,79(61-47-44-41-38-25-22-19-16-13-10-2)73(80)51-45-42-39-36-23-20-17-14-11-3)72(63-74(81)82)66-56-59-76(7)67(62-66)52-53-68-70-55-54-69(65(6)50-48-49-64(4)5)77(70,8)60-57-71(68)76/h52,64-66,68-72H,9-51,53-63H2,1-8H3,(H,81,82)(H,83,84)/t65-,66?,68?,69-,70?,71?,72?,76+,77-,78+/m1/s1. The van der Waals surface area contributed by atoms with E-state index < -0.39 is 23.4 Å². The Morgan fingerprint density at radius 3 is 1.44 bits per heavy atom. The molecule has 0 aromatic rings. The number of carbonyl (C=O) groups excluding carboxylic acids is 1. The molecule has 0 aromatic carbocycles. The van der Waals surface area contributed by atoms with E-state index in [0.29, 0.717) is 36.6 Å². The number of nitrogens with zero attached hydrogens (tertiary/aromatic N) is 1. The third kappa shape index (κ3) is 24.8. The van der Waals surface area contributed by atoms with Crippen LogP contribution in [-0.4, -0.2) is 45.0 Å². The molecule has 0 aromatic heterocycles. The normalized spacial score (nSPS) is 24.5. The molecule has 84 heavy (non-hydrogen) atoms. The minimum absolute atomic E-state index is 0.0328. The van der Waals surface area contributed by atoms with Crippen molar-refractivity contribution < 1.29 is 24.6 Å². The van der Waals surface area contributed by atoms with E-state index in [0.717, 1.165) is 114 Å². The summed E-state index contributed by atoms with van der Waals surface area (Å²) in [5, 5.41) is 23.2. The van der Waals surface area contributed by atoms with E-state index in [1.807, 2.05) is 4.90 Å². The number of carbonyl (C=O) groups is 3. The van der Waals surface area contributed by atoms with Gasteiger partial charge >= 0.3 is 11.9 Å². The molecular weight excluding hydrogens is 1030 g/mol. The number of unbranched alkanes of at least 4 members (excludes halogenated alkanes) is 36. The lowest BCUT2D eigenvalue weighted by molar-refractivity contribution is -0.170. The molecule has 0 saturated heterocycles. The summed E-state index contributed by atoms with van der Waals surface area (Å²) >= 11 is 0. The zero-order chi connectivity index (χ0) is 60.9. The van der Waals surface area contributed by atoms with Crippen molar-refractivity contribution in [3.63, 3.8) is 0 Å². The monoisotopic (exact) mass is 1170 g/mol. The molecule has 0 aliphatic heterocycles. The Labute approximate surface area is 522 Å². The van der Waals surface area contributed by atoms with E-state index in [2.05, 4.69) is 61.5 Å². The Bertz CT molecular complexity index is 1760. The maximum absolute atomic E-state index is 15.3. The van der Waals surface area contributed by atoms with E-state index in [1.54, 1.807) is 0 Å². The molecule has 0 spiro atoms. The van der Waals surface area contributed by atoms with E-state index in [-0.39, 0.29) is 23.7 Å². The Morgan fingerprint density at radius 2 is 0.988 bits per heavy atom. The molecule has 5 unspecified atom stereocenters. The van der Waals surface area contributed by atoms with Gasteiger partial charge < -0.3 is 15.1 Å². The van der Waals surface area contributed by atoms with E-state index in [1.165, 1.54) is 237 Å². The zero-order valence-electron chi connectivity index (χ0n) is 57.4. The predicted molar refractivity (Wildman–Crippen MR) is 361 cm³/mol. The van der Waals surface area contributed by atoms with Gasteiger partial charge in [0.15, 0.2) is 0 Å². The lowest BCUT2D eigenvalue weighted by Gasteiger charge is -2.59. The van der Waals surface area contributed by atoms with Gasteiger partial charge in [-0.3, -0.25) is 9.59 Å². The van der Waals surface area contributed by atoms with Crippen molar-refractivity contribution in [1.82, 2.24) is 4.90 Å². The first-order chi connectivity index (χ1) is 40.7. The topological polar surface area (TPSA) is 94.9 Å². The Morgan fingerprint density at radius 1 is 0.536 bits per heavy atom. The van der Waals surface area contributed by atoms with Gasteiger partial charge in [-0.05, 0) is 123 Å². The molecule has 6 heteroatoms. The Balaban J connectivity index is 1.51. The number of fused-ring (bicyclic) bond motifs is 5. The summed E-state index contributed by atoms with van der Waals surface area (Å²) in [6, 6.07) is 0.